The van der Waals surface area contributed by atoms with Crippen LogP contribution in [0.5, 0.6) is 5.75 Å². The molecule has 0 aliphatic heterocycles. The quantitative estimate of drug-likeness (QED) is 0.894. The van der Waals surface area contributed by atoms with E-state index in [9.17, 15) is 0 Å². The summed E-state index contributed by atoms with van der Waals surface area (Å²) < 4.78 is 5.42. The molecule has 0 spiro atoms. The van der Waals surface area contributed by atoms with Crippen molar-refractivity contribution in [2.45, 2.75) is 19.9 Å². The van der Waals surface area contributed by atoms with Crippen LogP contribution in [-0.2, 0) is 0 Å². The molecule has 4 heteroatoms. The molecule has 0 bridgehead atoms. The number of rotatable bonds is 4. The molecule has 94 valence electrons. The topological polar surface area (TPSA) is 61.0 Å². The molecule has 2 aromatic heterocycles. The number of hydrogen-bond donors (Lipinski definition) is 1. The number of nitrogens with zero attached hydrogens (tertiary/aromatic N) is 2. The second kappa shape index (κ2) is 5.60. The van der Waals surface area contributed by atoms with Gasteiger partial charge >= 0.3 is 0 Å². The van der Waals surface area contributed by atoms with Gasteiger partial charge in [0.25, 0.3) is 0 Å². The fourth-order valence-electron chi connectivity index (χ4n) is 1.79. The summed E-state index contributed by atoms with van der Waals surface area (Å²) in [6.45, 7) is 4.56. The average Bonchev–Trinajstić information content (AvgIpc) is 2.39. The molecule has 0 aliphatic rings. The highest BCUT2D eigenvalue weighted by atomic mass is 16.5. The average molecular weight is 243 g/mol. The van der Waals surface area contributed by atoms with Crippen LogP contribution in [0.4, 0.5) is 0 Å². The van der Waals surface area contributed by atoms with Gasteiger partial charge in [0.15, 0.2) is 0 Å². The maximum atomic E-state index is 6.21. The fraction of sp³-hybridized carbons (Fsp3) is 0.286. The first-order valence-electron chi connectivity index (χ1n) is 5.95. The zero-order valence-corrected chi connectivity index (χ0v) is 10.6. The molecule has 1 atom stereocenters. The van der Waals surface area contributed by atoms with Crippen molar-refractivity contribution in [1.29, 1.82) is 0 Å². The third-order valence-corrected chi connectivity index (χ3v) is 2.66. The second-order valence-electron chi connectivity index (χ2n) is 4.16. The Morgan fingerprint density at radius 2 is 1.78 bits per heavy atom. The smallest absolute Gasteiger partial charge is 0.137 e. The van der Waals surface area contributed by atoms with E-state index in [0.29, 0.717) is 6.61 Å². The Morgan fingerprint density at radius 1 is 1.11 bits per heavy atom. The lowest BCUT2D eigenvalue weighted by molar-refractivity contribution is 0.338. The summed E-state index contributed by atoms with van der Waals surface area (Å²) in [7, 11) is 0. The highest BCUT2D eigenvalue weighted by molar-refractivity contribution is 5.33. The first-order valence-corrected chi connectivity index (χ1v) is 5.95. The van der Waals surface area contributed by atoms with E-state index in [1.807, 2.05) is 32.2 Å². The van der Waals surface area contributed by atoms with Gasteiger partial charge in [0.05, 0.1) is 18.8 Å². The van der Waals surface area contributed by atoms with Crippen LogP contribution in [0.25, 0.3) is 0 Å². The van der Waals surface area contributed by atoms with Crippen LogP contribution in [-0.4, -0.2) is 16.6 Å². The molecule has 0 amide bonds. The van der Waals surface area contributed by atoms with Crippen LogP contribution in [0, 0.1) is 6.92 Å². The number of pyridine rings is 2. The lowest BCUT2D eigenvalue weighted by Crippen LogP contribution is -2.13. The van der Waals surface area contributed by atoms with E-state index in [1.165, 1.54) is 0 Å². The maximum Gasteiger partial charge on any atom is 0.137 e. The van der Waals surface area contributed by atoms with Crippen LogP contribution in [0.2, 0.25) is 0 Å². The van der Waals surface area contributed by atoms with Gasteiger partial charge in [-0.25, -0.2) is 0 Å². The van der Waals surface area contributed by atoms with Gasteiger partial charge in [-0.1, -0.05) is 6.07 Å². The van der Waals surface area contributed by atoms with Crippen molar-refractivity contribution in [3.05, 3.63) is 53.6 Å². The summed E-state index contributed by atoms with van der Waals surface area (Å²) in [6, 6.07) is 3.72. The SMILES string of the molecule is CCOc1cncc(C(N)c2cncc(C)c2)c1. The van der Waals surface area contributed by atoms with Crippen molar-refractivity contribution in [2.24, 2.45) is 5.73 Å². The number of aryl methyl sites for hydroxylation is 1. The fourth-order valence-corrected chi connectivity index (χ4v) is 1.79. The predicted molar refractivity (Wildman–Crippen MR) is 70.4 cm³/mol. The van der Waals surface area contributed by atoms with Gasteiger partial charge in [0.1, 0.15) is 5.75 Å². The van der Waals surface area contributed by atoms with E-state index in [-0.39, 0.29) is 6.04 Å². The van der Waals surface area contributed by atoms with E-state index in [2.05, 4.69) is 9.97 Å². The van der Waals surface area contributed by atoms with Crippen molar-refractivity contribution >= 4 is 0 Å². The molecule has 2 N–H and O–H groups in total. The van der Waals surface area contributed by atoms with E-state index >= 15 is 0 Å². The molecule has 0 aromatic carbocycles. The first kappa shape index (κ1) is 12.5. The molecule has 18 heavy (non-hydrogen) atoms. The highest BCUT2D eigenvalue weighted by Crippen LogP contribution is 2.22. The van der Waals surface area contributed by atoms with Crippen molar-refractivity contribution in [2.75, 3.05) is 6.61 Å². The normalized spacial score (nSPS) is 12.2. The molecule has 0 aliphatic carbocycles. The van der Waals surface area contributed by atoms with Crippen LogP contribution in [0.3, 0.4) is 0 Å². The third kappa shape index (κ3) is 2.84. The largest absolute Gasteiger partial charge is 0.492 e. The van der Waals surface area contributed by atoms with Gasteiger partial charge in [-0.2, -0.15) is 0 Å². The van der Waals surface area contributed by atoms with Gasteiger partial charge in [-0.05, 0) is 36.6 Å². The molecule has 0 saturated carbocycles. The van der Waals surface area contributed by atoms with E-state index < -0.39 is 0 Å². The standard InChI is InChI=1S/C14H17N3O/c1-3-18-13-5-12(8-17-9-13)14(15)11-4-10(2)6-16-7-11/h4-9,14H,3,15H2,1-2H3. The minimum Gasteiger partial charge on any atom is -0.492 e. The Bertz CT molecular complexity index is 528. The van der Waals surface area contributed by atoms with Crippen molar-refractivity contribution in [3.63, 3.8) is 0 Å². The molecule has 2 rings (SSSR count). The Hall–Kier alpha value is -1.94. The van der Waals surface area contributed by atoms with E-state index in [1.54, 1.807) is 18.6 Å². The maximum absolute atomic E-state index is 6.21. The number of aromatic nitrogens is 2. The molecule has 2 heterocycles. The lowest BCUT2D eigenvalue weighted by atomic mass is 10.0. The lowest BCUT2D eigenvalue weighted by Gasteiger charge is -2.13. The molecule has 0 fully saturated rings. The molecule has 0 saturated heterocycles. The summed E-state index contributed by atoms with van der Waals surface area (Å²) in [4.78, 5) is 8.30. The Labute approximate surface area is 107 Å². The zero-order chi connectivity index (χ0) is 13.0. The zero-order valence-electron chi connectivity index (χ0n) is 10.6. The van der Waals surface area contributed by atoms with Crippen LogP contribution >= 0.6 is 0 Å². The summed E-state index contributed by atoms with van der Waals surface area (Å²) in [5.74, 6) is 0.742. The molecule has 2 aromatic rings. The van der Waals surface area contributed by atoms with Crippen LogP contribution < -0.4 is 10.5 Å². The first-order chi connectivity index (χ1) is 8.70. The van der Waals surface area contributed by atoms with Crippen molar-refractivity contribution < 1.29 is 4.74 Å². The van der Waals surface area contributed by atoms with Gasteiger partial charge in [-0.3, -0.25) is 9.97 Å². The van der Waals surface area contributed by atoms with Crippen molar-refractivity contribution in [3.8, 4) is 5.75 Å². The molecule has 0 radical (unpaired) electrons. The monoisotopic (exact) mass is 243 g/mol. The minimum absolute atomic E-state index is 0.231. The van der Waals surface area contributed by atoms with Gasteiger partial charge < -0.3 is 10.5 Å². The molecular weight excluding hydrogens is 226 g/mol. The highest BCUT2D eigenvalue weighted by Gasteiger charge is 2.10. The number of ether oxygens (including phenoxy) is 1. The molecule has 4 nitrogen and oxygen atoms in total. The summed E-state index contributed by atoms with van der Waals surface area (Å²) in [6.07, 6.45) is 7.04. The molecule has 1 unspecified atom stereocenters. The minimum atomic E-state index is -0.231. The summed E-state index contributed by atoms with van der Waals surface area (Å²) >= 11 is 0. The molecular formula is C14H17N3O. The predicted octanol–water partition coefficient (Wildman–Crippen LogP) is 2.23. The summed E-state index contributed by atoms with van der Waals surface area (Å²) in [5.41, 5.74) is 9.21. The van der Waals surface area contributed by atoms with Gasteiger partial charge in [0.2, 0.25) is 0 Å². The number of nitrogens with two attached hydrogens (primary N) is 1. The second-order valence-corrected chi connectivity index (χ2v) is 4.16. The van der Waals surface area contributed by atoms with Crippen molar-refractivity contribution in [1.82, 2.24) is 9.97 Å². The van der Waals surface area contributed by atoms with Gasteiger partial charge in [0, 0.05) is 18.6 Å². The van der Waals surface area contributed by atoms with Gasteiger partial charge in [-0.15, -0.1) is 0 Å². The van der Waals surface area contributed by atoms with Crippen LogP contribution in [0.15, 0.2) is 36.9 Å². The Morgan fingerprint density at radius 3 is 2.44 bits per heavy atom. The van der Waals surface area contributed by atoms with E-state index in [4.69, 9.17) is 10.5 Å². The summed E-state index contributed by atoms with van der Waals surface area (Å²) in [5, 5.41) is 0. The third-order valence-electron chi connectivity index (χ3n) is 2.66. The van der Waals surface area contributed by atoms with E-state index in [0.717, 1.165) is 22.4 Å². The van der Waals surface area contributed by atoms with Crippen LogP contribution in [0.1, 0.15) is 29.7 Å². The number of hydrogen-bond acceptors (Lipinski definition) is 4. The Balaban J connectivity index is 2.27. The Kier molecular flexibility index (Phi) is 3.89.